The van der Waals surface area contributed by atoms with Crippen molar-refractivity contribution in [1.29, 1.82) is 0 Å². The summed E-state index contributed by atoms with van der Waals surface area (Å²) >= 11 is 1.59. The molecule has 0 amide bonds. The van der Waals surface area contributed by atoms with E-state index >= 15 is 0 Å². The zero-order valence-corrected chi connectivity index (χ0v) is 12.6. The van der Waals surface area contributed by atoms with E-state index < -0.39 is 0 Å². The quantitative estimate of drug-likeness (QED) is 0.925. The number of nitrogen functional groups attached to an aromatic ring is 1. The number of aromatic nitrogens is 1. The van der Waals surface area contributed by atoms with Gasteiger partial charge < -0.3 is 10.5 Å². The SMILES string of the molecule is CC(C)CC1COCCN1Cc1cnc(N)s1.Cl. The molecule has 4 nitrogen and oxygen atoms in total. The Labute approximate surface area is 119 Å². The monoisotopic (exact) mass is 291 g/mol. The molecular formula is C12H22ClN3OS. The molecule has 1 aliphatic heterocycles. The lowest BCUT2D eigenvalue weighted by Crippen LogP contribution is -2.45. The smallest absolute Gasteiger partial charge is 0.180 e. The standard InChI is InChI=1S/C12H21N3OS.ClH/c1-9(2)5-10-8-16-4-3-15(10)7-11-6-14-12(13)17-11;/h6,9-10H,3-5,7-8H2,1-2H3,(H2,13,14);1H. The molecule has 1 aromatic rings. The van der Waals surface area contributed by atoms with Crippen molar-refractivity contribution < 1.29 is 4.74 Å². The highest BCUT2D eigenvalue weighted by Gasteiger charge is 2.24. The lowest BCUT2D eigenvalue weighted by Gasteiger charge is -2.36. The molecule has 1 atom stereocenters. The number of halogens is 1. The Hall–Kier alpha value is -0.360. The Morgan fingerprint density at radius 3 is 3.00 bits per heavy atom. The van der Waals surface area contributed by atoms with Gasteiger partial charge in [-0.15, -0.1) is 23.7 Å². The predicted octanol–water partition coefficient (Wildman–Crippen LogP) is 2.39. The van der Waals surface area contributed by atoms with Gasteiger partial charge in [-0.3, -0.25) is 4.90 Å². The minimum absolute atomic E-state index is 0. The Balaban J connectivity index is 0.00000162. The van der Waals surface area contributed by atoms with Crippen LogP contribution in [0.3, 0.4) is 0 Å². The van der Waals surface area contributed by atoms with Gasteiger partial charge >= 0.3 is 0 Å². The van der Waals surface area contributed by atoms with Gasteiger partial charge in [0.15, 0.2) is 5.13 Å². The van der Waals surface area contributed by atoms with Gasteiger partial charge in [-0.25, -0.2) is 4.98 Å². The maximum atomic E-state index is 5.66. The molecule has 0 bridgehead atoms. The summed E-state index contributed by atoms with van der Waals surface area (Å²) in [6.45, 7) is 8.18. The molecule has 1 fully saturated rings. The Morgan fingerprint density at radius 2 is 2.39 bits per heavy atom. The van der Waals surface area contributed by atoms with Crippen molar-refractivity contribution >= 4 is 28.9 Å². The summed E-state index contributed by atoms with van der Waals surface area (Å²) in [5.41, 5.74) is 5.66. The van der Waals surface area contributed by atoms with Crippen molar-refractivity contribution in [1.82, 2.24) is 9.88 Å². The van der Waals surface area contributed by atoms with E-state index in [1.807, 2.05) is 6.20 Å². The average Bonchev–Trinajstić information content (AvgIpc) is 2.66. The second-order valence-electron chi connectivity index (χ2n) is 4.99. The highest BCUT2D eigenvalue weighted by Crippen LogP contribution is 2.21. The number of morpholine rings is 1. The van der Waals surface area contributed by atoms with E-state index in [0.717, 1.165) is 26.3 Å². The van der Waals surface area contributed by atoms with E-state index in [0.29, 0.717) is 17.1 Å². The number of thiazole rings is 1. The van der Waals surface area contributed by atoms with E-state index in [1.165, 1.54) is 11.3 Å². The molecule has 104 valence electrons. The number of rotatable bonds is 4. The van der Waals surface area contributed by atoms with Gasteiger partial charge in [0.05, 0.1) is 13.2 Å². The number of anilines is 1. The lowest BCUT2D eigenvalue weighted by molar-refractivity contribution is -0.0182. The van der Waals surface area contributed by atoms with E-state index in [4.69, 9.17) is 10.5 Å². The molecule has 2 N–H and O–H groups in total. The van der Waals surface area contributed by atoms with Crippen LogP contribution in [0.25, 0.3) is 0 Å². The molecule has 0 saturated carbocycles. The van der Waals surface area contributed by atoms with Crippen molar-refractivity contribution in [3.63, 3.8) is 0 Å². The van der Waals surface area contributed by atoms with Crippen molar-refractivity contribution in [2.45, 2.75) is 32.9 Å². The number of nitrogens with two attached hydrogens (primary N) is 1. The largest absolute Gasteiger partial charge is 0.378 e. The second-order valence-corrected chi connectivity index (χ2v) is 6.14. The predicted molar refractivity (Wildman–Crippen MR) is 78.2 cm³/mol. The van der Waals surface area contributed by atoms with Crippen LogP contribution < -0.4 is 5.73 Å². The highest BCUT2D eigenvalue weighted by molar-refractivity contribution is 7.15. The van der Waals surface area contributed by atoms with Crippen LogP contribution in [0, 0.1) is 5.92 Å². The van der Waals surface area contributed by atoms with Crippen LogP contribution in [0.1, 0.15) is 25.1 Å². The van der Waals surface area contributed by atoms with Gasteiger partial charge in [0.25, 0.3) is 0 Å². The second kappa shape index (κ2) is 7.28. The minimum Gasteiger partial charge on any atom is -0.378 e. The summed E-state index contributed by atoms with van der Waals surface area (Å²) in [6.07, 6.45) is 3.08. The Kier molecular flexibility index (Phi) is 6.35. The topological polar surface area (TPSA) is 51.4 Å². The first-order valence-corrected chi connectivity index (χ1v) is 6.98. The molecule has 0 spiro atoms. The number of ether oxygens (including phenoxy) is 1. The molecule has 0 radical (unpaired) electrons. The first kappa shape index (κ1) is 15.7. The van der Waals surface area contributed by atoms with Gasteiger partial charge in [-0.1, -0.05) is 13.8 Å². The van der Waals surface area contributed by atoms with Crippen molar-refractivity contribution in [2.75, 3.05) is 25.5 Å². The zero-order valence-electron chi connectivity index (χ0n) is 11.0. The molecule has 1 unspecified atom stereocenters. The van der Waals surface area contributed by atoms with Crippen molar-refractivity contribution in [3.05, 3.63) is 11.1 Å². The average molecular weight is 292 g/mol. The van der Waals surface area contributed by atoms with Crippen LogP contribution in [0.15, 0.2) is 6.20 Å². The summed E-state index contributed by atoms with van der Waals surface area (Å²) in [6, 6.07) is 0.534. The molecule has 6 heteroatoms. The van der Waals surface area contributed by atoms with Crippen LogP contribution in [0.5, 0.6) is 0 Å². The Morgan fingerprint density at radius 1 is 1.61 bits per heavy atom. The van der Waals surface area contributed by atoms with E-state index in [9.17, 15) is 0 Å². The third kappa shape index (κ3) is 4.39. The van der Waals surface area contributed by atoms with Crippen molar-refractivity contribution in [3.8, 4) is 0 Å². The van der Waals surface area contributed by atoms with E-state index in [-0.39, 0.29) is 12.4 Å². The molecule has 0 aliphatic carbocycles. The van der Waals surface area contributed by atoms with Gasteiger partial charge in [-0.05, 0) is 12.3 Å². The normalized spacial score (nSPS) is 20.9. The van der Waals surface area contributed by atoms with Gasteiger partial charge in [-0.2, -0.15) is 0 Å². The molecular weight excluding hydrogens is 270 g/mol. The van der Waals surface area contributed by atoms with Crippen LogP contribution in [-0.2, 0) is 11.3 Å². The van der Waals surface area contributed by atoms with Gasteiger partial charge in [0.1, 0.15) is 0 Å². The first-order valence-electron chi connectivity index (χ1n) is 6.17. The maximum Gasteiger partial charge on any atom is 0.180 e. The third-order valence-corrected chi connectivity index (χ3v) is 3.83. The highest BCUT2D eigenvalue weighted by atomic mass is 35.5. The fourth-order valence-electron chi connectivity index (χ4n) is 2.25. The molecule has 2 rings (SSSR count). The molecule has 2 heterocycles. The van der Waals surface area contributed by atoms with Crippen LogP contribution in [-0.4, -0.2) is 35.7 Å². The summed E-state index contributed by atoms with van der Waals surface area (Å²) in [7, 11) is 0. The third-order valence-electron chi connectivity index (χ3n) is 3.02. The number of hydrogen-bond acceptors (Lipinski definition) is 5. The van der Waals surface area contributed by atoms with Crippen molar-refractivity contribution in [2.24, 2.45) is 5.92 Å². The molecule has 0 aromatic carbocycles. The van der Waals surface area contributed by atoms with Crippen LogP contribution in [0.2, 0.25) is 0 Å². The summed E-state index contributed by atoms with van der Waals surface area (Å²) in [5, 5.41) is 0.661. The molecule has 1 aromatic heterocycles. The van der Waals surface area contributed by atoms with E-state index in [2.05, 4.69) is 23.7 Å². The van der Waals surface area contributed by atoms with Gasteiger partial charge in [0.2, 0.25) is 0 Å². The molecule has 1 aliphatic rings. The lowest BCUT2D eigenvalue weighted by atomic mass is 10.0. The fourth-order valence-corrected chi connectivity index (χ4v) is 2.96. The van der Waals surface area contributed by atoms with Gasteiger partial charge in [0, 0.05) is 30.2 Å². The summed E-state index contributed by atoms with van der Waals surface area (Å²) in [4.78, 5) is 7.85. The zero-order chi connectivity index (χ0) is 12.3. The fraction of sp³-hybridized carbons (Fsp3) is 0.750. The minimum atomic E-state index is 0. The number of nitrogens with zero attached hydrogens (tertiary/aromatic N) is 2. The summed E-state index contributed by atoms with van der Waals surface area (Å²) in [5.74, 6) is 0.704. The van der Waals surface area contributed by atoms with Crippen LogP contribution >= 0.6 is 23.7 Å². The number of hydrogen-bond donors (Lipinski definition) is 1. The maximum absolute atomic E-state index is 5.66. The first-order chi connectivity index (χ1) is 8.15. The molecule has 1 saturated heterocycles. The van der Waals surface area contributed by atoms with Crippen LogP contribution in [0.4, 0.5) is 5.13 Å². The molecule has 18 heavy (non-hydrogen) atoms. The van der Waals surface area contributed by atoms with E-state index in [1.54, 1.807) is 11.3 Å². The summed E-state index contributed by atoms with van der Waals surface area (Å²) < 4.78 is 5.58. The Bertz CT molecular complexity index is 359.